The zero-order valence-electron chi connectivity index (χ0n) is 27.3. The lowest BCUT2D eigenvalue weighted by molar-refractivity contribution is -0.327. The largest absolute Gasteiger partial charge is 0.374 e. The van der Waals surface area contributed by atoms with Crippen molar-refractivity contribution in [2.75, 3.05) is 13.2 Å². The summed E-state index contributed by atoms with van der Waals surface area (Å²) in [6.07, 6.45) is -2.58. The summed E-state index contributed by atoms with van der Waals surface area (Å²) in [6, 6.07) is 41.8. The smallest absolute Gasteiger partial charge is 0.186 e. The first-order chi connectivity index (χ1) is 22.4. The van der Waals surface area contributed by atoms with E-state index in [1.54, 1.807) is 0 Å². The quantitative estimate of drug-likeness (QED) is 0.109. The summed E-state index contributed by atoms with van der Waals surface area (Å²) in [5, 5.41) is 0. The van der Waals surface area contributed by atoms with Crippen molar-refractivity contribution < 1.29 is 28.4 Å². The fraction of sp³-hybridized carbons (Fsp3) is 0.385. The second-order valence-corrected chi connectivity index (χ2v) is 18.6. The lowest BCUT2D eigenvalue weighted by Crippen LogP contribution is -2.61. The Bertz CT molecular complexity index is 1380. The van der Waals surface area contributed by atoms with Crippen LogP contribution in [0.15, 0.2) is 121 Å². The summed E-state index contributed by atoms with van der Waals surface area (Å²) in [6.45, 7) is 9.62. The van der Waals surface area contributed by atoms with Crippen LogP contribution in [0, 0.1) is 0 Å². The zero-order chi connectivity index (χ0) is 32.0. The molecule has 5 rings (SSSR count). The molecular weight excluding hydrogens is 593 g/mol. The maximum atomic E-state index is 6.79. The number of ether oxygens (including phenoxy) is 6. The third-order valence-electron chi connectivity index (χ3n) is 7.97. The van der Waals surface area contributed by atoms with Gasteiger partial charge in [0, 0.05) is 14.7 Å². The van der Waals surface area contributed by atoms with E-state index in [1.165, 1.54) is 0 Å². The van der Waals surface area contributed by atoms with Gasteiger partial charge < -0.3 is 28.4 Å². The predicted molar refractivity (Wildman–Crippen MR) is 184 cm³/mol. The SMILES string of the molecule is C[Si](C)(C)CCO[C@H]1O[C@H](COCc2ccccc2)[C@@H](OCc2ccccc2)[C@H](OCc2ccccc2)[C@H]1OCc1ccccc1. The molecule has 0 radical (unpaired) electrons. The Hall–Kier alpha value is -3.14. The van der Waals surface area contributed by atoms with E-state index in [0.29, 0.717) is 39.6 Å². The molecule has 1 aliphatic rings. The molecule has 0 spiro atoms. The molecule has 0 N–H and O–H groups in total. The van der Waals surface area contributed by atoms with Gasteiger partial charge in [-0.05, 0) is 28.3 Å². The molecule has 0 unspecified atom stereocenters. The minimum Gasteiger partial charge on any atom is -0.374 e. The van der Waals surface area contributed by atoms with Crippen LogP contribution in [0.3, 0.4) is 0 Å². The molecule has 7 heteroatoms. The Labute approximate surface area is 275 Å². The van der Waals surface area contributed by atoms with E-state index in [1.807, 2.05) is 72.8 Å². The first kappa shape index (κ1) is 34.2. The van der Waals surface area contributed by atoms with Gasteiger partial charge in [-0.1, -0.05) is 141 Å². The van der Waals surface area contributed by atoms with Crippen LogP contribution in [-0.4, -0.2) is 52.0 Å². The van der Waals surface area contributed by atoms with Gasteiger partial charge in [-0.15, -0.1) is 0 Å². The van der Waals surface area contributed by atoms with Crippen LogP contribution in [0.1, 0.15) is 22.3 Å². The standard InChI is InChI=1S/C39H48O6Si/c1-46(2,3)25-24-41-39-38(44-29-34-22-14-7-15-23-34)37(43-28-33-20-12-6-13-21-33)36(42-27-32-18-10-5-11-19-32)35(45-39)30-40-26-31-16-8-4-9-17-31/h4-23,35-39H,24-30H2,1-3H3/t35-,36-,37+,38-,39+/m1/s1. The lowest BCUT2D eigenvalue weighted by Gasteiger charge is -2.46. The van der Waals surface area contributed by atoms with Gasteiger partial charge in [0.2, 0.25) is 0 Å². The Morgan fingerprint density at radius 3 is 1.37 bits per heavy atom. The Balaban J connectivity index is 1.43. The van der Waals surface area contributed by atoms with Gasteiger partial charge in [-0.25, -0.2) is 0 Å². The zero-order valence-corrected chi connectivity index (χ0v) is 28.3. The first-order valence-electron chi connectivity index (χ1n) is 16.3. The molecule has 0 saturated carbocycles. The first-order valence-corrected chi connectivity index (χ1v) is 20.0. The van der Waals surface area contributed by atoms with Crippen molar-refractivity contribution in [3.8, 4) is 0 Å². The lowest BCUT2D eigenvalue weighted by atomic mass is 9.97. The molecule has 0 bridgehead atoms. The Morgan fingerprint density at radius 2 is 0.913 bits per heavy atom. The number of hydrogen-bond donors (Lipinski definition) is 0. The molecule has 1 heterocycles. The number of hydrogen-bond acceptors (Lipinski definition) is 6. The summed E-state index contributed by atoms with van der Waals surface area (Å²) in [5.74, 6) is 0. The van der Waals surface area contributed by atoms with E-state index >= 15 is 0 Å². The molecule has 6 nitrogen and oxygen atoms in total. The van der Waals surface area contributed by atoms with Crippen LogP contribution < -0.4 is 0 Å². The van der Waals surface area contributed by atoms with Crippen molar-refractivity contribution in [3.63, 3.8) is 0 Å². The highest BCUT2D eigenvalue weighted by Crippen LogP contribution is 2.32. The molecule has 0 aromatic heterocycles. The van der Waals surface area contributed by atoms with Gasteiger partial charge >= 0.3 is 0 Å². The van der Waals surface area contributed by atoms with E-state index in [9.17, 15) is 0 Å². The van der Waals surface area contributed by atoms with Crippen molar-refractivity contribution in [3.05, 3.63) is 144 Å². The summed E-state index contributed by atoms with van der Waals surface area (Å²) in [5.41, 5.74) is 4.32. The molecule has 1 saturated heterocycles. The average molecular weight is 641 g/mol. The van der Waals surface area contributed by atoms with Crippen molar-refractivity contribution in [2.45, 2.75) is 82.8 Å². The van der Waals surface area contributed by atoms with Crippen LogP contribution >= 0.6 is 0 Å². The third-order valence-corrected chi connectivity index (χ3v) is 9.68. The van der Waals surface area contributed by atoms with Crippen LogP contribution in [0.25, 0.3) is 0 Å². The van der Waals surface area contributed by atoms with E-state index in [-0.39, 0.29) is 0 Å². The summed E-state index contributed by atoms with van der Waals surface area (Å²) in [7, 11) is -1.35. The molecule has 0 amide bonds. The van der Waals surface area contributed by atoms with E-state index < -0.39 is 38.8 Å². The second kappa shape index (κ2) is 17.7. The third kappa shape index (κ3) is 11.0. The normalized spacial score (nSPS) is 21.7. The van der Waals surface area contributed by atoms with Gasteiger partial charge in [0.1, 0.15) is 24.4 Å². The maximum absolute atomic E-state index is 6.79. The van der Waals surface area contributed by atoms with Gasteiger partial charge in [0.15, 0.2) is 6.29 Å². The van der Waals surface area contributed by atoms with Crippen molar-refractivity contribution in [2.24, 2.45) is 0 Å². The number of benzene rings is 4. The van der Waals surface area contributed by atoms with Crippen molar-refractivity contribution in [1.82, 2.24) is 0 Å². The topological polar surface area (TPSA) is 55.4 Å². The minimum absolute atomic E-state index is 0.318. The molecule has 1 fully saturated rings. The highest BCUT2D eigenvalue weighted by atomic mass is 28.3. The number of rotatable bonds is 17. The Kier molecular flexibility index (Phi) is 13.1. The molecule has 1 aliphatic heterocycles. The Morgan fingerprint density at radius 1 is 0.500 bits per heavy atom. The maximum Gasteiger partial charge on any atom is 0.186 e. The minimum atomic E-state index is -1.35. The summed E-state index contributed by atoms with van der Waals surface area (Å²) < 4.78 is 39.8. The van der Waals surface area contributed by atoms with Crippen LogP contribution in [0.2, 0.25) is 25.7 Å². The van der Waals surface area contributed by atoms with Crippen molar-refractivity contribution >= 4 is 8.07 Å². The van der Waals surface area contributed by atoms with Gasteiger partial charge in [0.05, 0.1) is 33.0 Å². The molecule has 244 valence electrons. The predicted octanol–water partition coefficient (Wildman–Crippen LogP) is 8.04. The molecule has 0 aliphatic carbocycles. The van der Waals surface area contributed by atoms with Crippen molar-refractivity contribution in [1.29, 1.82) is 0 Å². The van der Waals surface area contributed by atoms with E-state index in [2.05, 4.69) is 68.2 Å². The van der Waals surface area contributed by atoms with Crippen LogP contribution in [0.5, 0.6) is 0 Å². The summed E-state index contributed by atoms with van der Waals surface area (Å²) in [4.78, 5) is 0. The summed E-state index contributed by atoms with van der Waals surface area (Å²) >= 11 is 0. The highest BCUT2D eigenvalue weighted by Gasteiger charge is 2.49. The monoisotopic (exact) mass is 640 g/mol. The molecule has 46 heavy (non-hydrogen) atoms. The highest BCUT2D eigenvalue weighted by molar-refractivity contribution is 6.76. The van der Waals surface area contributed by atoms with Crippen LogP contribution in [-0.2, 0) is 54.8 Å². The average Bonchev–Trinajstić information content (AvgIpc) is 3.07. The van der Waals surface area contributed by atoms with E-state index in [4.69, 9.17) is 28.4 Å². The van der Waals surface area contributed by atoms with Gasteiger partial charge in [-0.2, -0.15) is 0 Å². The molecule has 5 atom stereocenters. The van der Waals surface area contributed by atoms with Gasteiger partial charge in [0.25, 0.3) is 0 Å². The van der Waals surface area contributed by atoms with Crippen LogP contribution in [0.4, 0.5) is 0 Å². The fourth-order valence-corrected chi connectivity index (χ4v) is 6.09. The van der Waals surface area contributed by atoms with Gasteiger partial charge in [-0.3, -0.25) is 0 Å². The fourth-order valence-electron chi connectivity index (χ4n) is 5.36. The van der Waals surface area contributed by atoms with E-state index in [0.717, 1.165) is 28.3 Å². The molecule has 4 aromatic carbocycles. The second-order valence-electron chi connectivity index (χ2n) is 13.0. The molecule has 4 aromatic rings. The molecular formula is C39H48O6Si.